The number of hydrogen-bond acceptors (Lipinski definition) is 0. The molecule has 0 saturated carbocycles. The minimum atomic E-state index is 0.633. The fourth-order valence-electron chi connectivity index (χ4n) is 2.87. The molecule has 0 spiro atoms. The zero-order chi connectivity index (χ0) is 13.3. The van der Waals surface area contributed by atoms with Crippen LogP contribution in [0.3, 0.4) is 0 Å². The van der Waals surface area contributed by atoms with Gasteiger partial charge in [-0.15, -0.1) is 5.73 Å². The Morgan fingerprint density at radius 1 is 1.21 bits per heavy atom. The summed E-state index contributed by atoms with van der Waals surface area (Å²) >= 11 is 0. The van der Waals surface area contributed by atoms with Gasteiger partial charge < -0.3 is 0 Å². The van der Waals surface area contributed by atoms with Crippen molar-refractivity contribution >= 4 is 0 Å². The van der Waals surface area contributed by atoms with Gasteiger partial charge in [-0.3, -0.25) is 0 Å². The van der Waals surface area contributed by atoms with Crippen LogP contribution in [-0.4, -0.2) is 0 Å². The molecule has 1 aromatic rings. The van der Waals surface area contributed by atoms with Crippen LogP contribution in [0, 0.1) is 0 Å². The smallest absolute Gasteiger partial charge is 0.00206 e. The SMILES string of the molecule is C=C=CCCCC1=CC(c2ccccc2)CCCC1. The van der Waals surface area contributed by atoms with E-state index in [0.29, 0.717) is 5.92 Å². The minimum Gasteiger partial charge on any atom is -0.133 e. The molecule has 0 fully saturated rings. The number of unbranched alkanes of at least 4 members (excludes halogenated alkanes) is 1. The molecule has 1 aliphatic rings. The summed E-state index contributed by atoms with van der Waals surface area (Å²) in [6, 6.07) is 11.0. The third-order valence-corrected chi connectivity index (χ3v) is 3.92. The van der Waals surface area contributed by atoms with Crippen molar-refractivity contribution in [2.45, 2.75) is 50.9 Å². The first-order valence-corrected chi connectivity index (χ1v) is 7.49. The second kappa shape index (κ2) is 7.81. The Morgan fingerprint density at radius 2 is 2.05 bits per heavy atom. The Balaban J connectivity index is 2.00. The molecule has 1 aromatic carbocycles. The standard InChI is InChI=1S/C19H24/c1-2-3-4-6-11-17-12-9-10-15-19(16-17)18-13-7-5-8-14-18/h3,5,7-8,13-14,16,19H,1,4,6,9-12,15H2. The van der Waals surface area contributed by atoms with Crippen LogP contribution in [0.2, 0.25) is 0 Å². The first-order valence-electron chi connectivity index (χ1n) is 7.49. The Labute approximate surface area is 117 Å². The molecule has 0 radical (unpaired) electrons. The molecule has 1 atom stereocenters. The van der Waals surface area contributed by atoms with Crippen molar-refractivity contribution < 1.29 is 0 Å². The van der Waals surface area contributed by atoms with E-state index in [0.717, 1.165) is 6.42 Å². The van der Waals surface area contributed by atoms with Gasteiger partial charge in [-0.25, -0.2) is 0 Å². The lowest BCUT2D eigenvalue weighted by Gasteiger charge is -2.12. The van der Waals surface area contributed by atoms with E-state index in [1.54, 1.807) is 5.57 Å². The zero-order valence-electron chi connectivity index (χ0n) is 11.8. The van der Waals surface area contributed by atoms with Gasteiger partial charge in [0.15, 0.2) is 0 Å². The van der Waals surface area contributed by atoms with Crippen LogP contribution in [-0.2, 0) is 0 Å². The highest BCUT2D eigenvalue weighted by Crippen LogP contribution is 2.31. The van der Waals surface area contributed by atoms with E-state index in [1.165, 1.54) is 44.1 Å². The van der Waals surface area contributed by atoms with E-state index in [1.807, 2.05) is 6.08 Å². The van der Waals surface area contributed by atoms with Gasteiger partial charge in [0.1, 0.15) is 0 Å². The van der Waals surface area contributed by atoms with E-state index in [4.69, 9.17) is 0 Å². The molecular formula is C19H24. The van der Waals surface area contributed by atoms with Crippen molar-refractivity contribution in [3.05, 3.63) is 65.9 Å². The van der Waals surface area contributed by atoms with E-state index in [9.17, 15) is 0 Å². The maximum Gasteiger partial charge on any atom is 0.00206 e. The molecule has 0 saturated heterocycles. The Morgan fingerprint density at radius 3 is 2.84 bits per heavy atom. The van der Waals surface area contributed by atoms with Crippen LogP contribution in [0.15, 0.2) is 60.4 Å². The molecule has 0 amide bonds. The summed E-state index contributed by atoms with van der Waals surface area (Å²) in [6.07, 6.45) is 13.5. The fourth-order valence-corrected chi connectivity index (χ4v) is 2.87. The van der Waals surface area contributed by atoms with Crippen LogP contribution in [0.5, 0.6) is 0 Å². The molecule has 0 bridgehead atoms. The molecule has 19 heavy (non-hydrogen) atoms. The van der Waals surface area contributed by atoms with Gasteiger partial charge in [0.2, 0.25) is 0 Å². The number of allylic oxidation sites excluding steroid dienone is 3. The zero-order valence-corrected chi connectivity index (χ0v) is 11.8. The van der Waals surface area contributed by atoms with Gasteiger partial charge in [-0.05, 0) is 50.2 Å². The molecule has 0 heterocycles. The van der Waals surface area contributed by atoms with Crippen molar-refractivity contribution in [3.8, 4) is 0 Å². The maximum atomic E-state index is 3.62. The second-order valence-electron chi connectivity index (χ2n) is 5.39. The molecule has 100 valence electrons. The van der Waals surface area contributed by atoms with Crippen LogP contribution in [0.1, 0.15) is 56.4 Å². The van der Waals surface area contributed by atoms with Crippen LogP contribution in [0.25, 0.3) is 0 Å². The number of rotatable bonds is 5. The molecule has 0 N–H and O–H groups in total. The fraction of sp³-hybridized carbons (Fsp3) is 0.421. The summed E-state index contributed by atoms with van der Waals surface area (Å²) < 4.78 is 0. The molecule has 0 nitrogen and oxygen atoms in total. The summed E-state index contributed by atoms with van der Waals surface area (Å²) in [5, 5.41) is 0. The van der Waals surface area contributed by atoms with Crippen LogP contribution < -0.4 is 0 Å². The van der Waals surface area contributed by atoms with E-state index in [2.05, 4.69) is 48.7 Å². The average Bonchev–Trinajstić information content (AvgIpc) is 2.70. The molecule has 0 aliphatic heterocycles. The number of benzene rings is 1. The first kappa shape index (κ1) is 13.9. The molecule has 0 aromatic heterocycles. The van der Waals surface area contributed by atoms with Crippen molar-refractivity contribution in [1.29, 1.82) is 0 Å². The Hall–Kier alpha value is -1.52. The molecule has 0 heteroatoms. The lowest BCUT2D eigenvalue weighted by atomic mass is 9.93. The average molecular weight is 252 g/mol. The Bertz CT molecular complexity index is 446. The molecule has 1 unspecified atom stereocenters. The highest BCUT2D eigenvalue weighted by molar-refractivity contribution is 5.26. The first-order chi connectivity index (χ1) is 9.40. The van der Waals surface area contributed by atoms with Crippen LogP contribution >= 0.6 is 0 Å². The highest BCUT2D eigenvalue weighted by Gasteiger charge is 2.13. The van der Waals surface area contributed by atoms with Gasteiger partial charge in [0.05, 0.1) is 0 Å². The third-order valence-electron chi connectivity index (χ3n) is 3.92. The predicted molar refractivity (Wildman–Crippen MR) is 83.3 cm³/mol. The van der Waals surface area contributed by atoms with Crippen molar-refractivity contribution in [2.75, 3.05) is 0 Å². The van der Waals surface area contributed by atoms with Gasteiger partial charge in [-0.2, -0.15) is 0 Å². The summed E-state index contributed by atoms with van der Waals surface area (Å²) in [5.74, 6) is 0.633. The topological polar surface area (TPSA) is 0 Å². The largest absolute Gasteiger partial charge is 0.133 e. The van der Waals surface area contributed by atoms with E-state index < -0.39 is 0 Å². The maximum absolute atomic E-state index is 3.62. The van der Waals surface area contributed by atoms with Gasteiger partial charge in [-0.1, -0.05) is 55.0 Å². The summed E-state index contributed by atoms with van der Waals surface area (Å²) in [4.78, 5) is 0. The lowest BCUT2D eigenvalue weighted by molar-refractivity contribution is 0.658. The van der Waals surface area contributed by atoms with Gasteiger partial charge in [0.25, 0.3) is 0 Å². The van der Waals surface area contributed by atoms with Crippen molar-refractivity contribution in [3.63, 3.8) is 0 Å². The summed E-state index contributed by atoms with van der Waals surface area (Å²) in [7, 11) is 0. The quantitative estimate of drug-likeness (QED) is 0.354. The molecule has 1 aliphatic carbocycles. The Kier molecular flexibility index (Phi) is 5.72. The van der Waals surface area contributed by atoms with Gasteiger partial charge in [0, 0.05) is 5.92 Å². The van der Waals surface area contributed by atoms with Gasteiger partial charge >= 0.3 is 0 Å². The van der Waals surface area contributed by atoms with Crippen LogP contribution in [0.4, 0.5) is 0 Å². The summed E-state index contributed by atoms with van der Waals surface area (Å²) in [5.41, 5.74) is 5.99. The lowest BCUT2D eigenvalue weighted by Crippen LogP contribution is -1.94. The highest BCUT2D eigenvalue weighted by atomic mass is 14.2. The van der Waals surface area contributed by atoms with Crippen molar-refractivity contribution in [1.82, 2.24) is 0 Å². The van der Waals surface area contributed by atoms with E-state index >= 15 is 0 Å². The normalized spacial score (nSPS) is 19.2. The predicted octanol–water partition coefficient (Wildman–Crippen LogP) is 5.78. The molecular weight excluding hydrogens is 228 g/mol. The minimum absolute atomic E-state index is 0.633. The molecule has 2 rings (SSSR count). The third kappa shape index (κ3) is 4.58. The summed E-state index contributed by atoms with van der Waals surface area (Å²) in [6.45, 7) is 3.62. The monoisotopic (exact) mass is 252 g/mol. The second-order valence-corrected chi connectivity index (χ2v) is 5.39. The van der Waals surface area contributed by atoms with E-state index in [-0.39, 0.29) is 0 Å². The number of hydrogen-bond donors (Lipinski definition) is 0. The van der Waals surface area contributed by atoms with Crippen molar-refractivity contribution in [2.24, 2.45) is 0 Å².